The molecule has 2 rings (SSSR count). The summed E-state index contributed by atoms with van der Waals surface area (Å²) < 4.78 is 0. The Morgan fingerprint density at radius 1 is 1.18 bits per heavy atom. The van der Waals surface area contributed by atoms with Crippen LogP contribution >= 0.6 is 11.3 Å². The molecule has 17 heavy (non-hydrogen) atoms. The van der Waals surface area contributed by atoms with Crippen molar-refractivity contribution in [3.8, 4) is 0 Å². The maximum Gasteiger partial charge on any atom is 0.0929 e. The lowest BCUT2D eigenvalue weighted by atomic mass is 9.74. The van der Waals surface area contributed by atoms with Crippen LogP contribution < -0.4 is 0 Å². The van der Waals surface area contributed by atoms with Gasteiger partial charge in [0, 0.05) is 0 Å². The molecule has 0 radical (unpaired) electrons. The first-order valence-electron chi connectivity index (χ1n) is 6.59. The molecular formula is C14H23NOS. The highest BCUT2D eigenvalue weighted by Crippen LogP contribution is 2.41. The normalized spacial score (nSPS) is 31.5. The van der Waals surface area contributed by atoms with Crippen molar-refractivity contribution in [2.75, 3.05) is 0 Å². The summed E-state index contributed by atoms with van der Waals surface area (Å²) in [6.45, 7) is 8.64. The van der Waals surface area contributed by atoms with Crippen LogP contribution in [0, 0.1) is 31.6 Å². The second-order valence-electron chi connectivity index (χ2n) is 5.80. The van der Waals surface area contributed by atoms with Gasteiger partial charge in [-0.2, -0.15) is 0 Å². The number of aliphatic hydroxyl groups is 1. The first-order chi connectivity index (χ1) is 7.97. The number of aromatic nitrogens is 1. The van der Waals surface area contributed by atoms with Crippen LogP contribution in [0.4, 0.5) is 0 Å². The summed E-state index contributed by atoms with van der Waals surface area (Å²) in [7, 11) is 0. The second-order valence-corrected chi connectivity index (χ2v) is 7.04. The number of nitrogens with zero attached hydrogens (tertiary/aromatic N) is 1. The Bertz CT molecular complexity index is 378. The minimum absolute atomic E-state index is 0.300. The summed E-state index contributed by atoms with van der Waals surface area (Å²) in [4.78, 5) is 5.52. The number of rotatable bonds is 2. The average Bonchev–Trinajstić information content (AvgIpc) is 2.55. The molecule has 1 aliphatic carbocycles. The van der Waals surface area contributed by atoms with E-state index in [0.717, 1.165) is 40.3 Å². The van der Waals surface area contributed by atoms with E-state index in [4.69, 9.17) is 0 Å². The van der Waals surface area contributed by atoms with Crippen molar-refractivity contribution in [3.05, 3.63) is 15.6 Å². The molecule has 0 saturated heterocycles. The van der Waals surface area contributed by atoms with E-state index >= 15 is 0 Å². The highest BCUT2D eigenvalue weighted by atomic mass is 32.1. The maximum atomic E-state index is 10.5. The summed E-state index contributed by atoms with van der Waals surface area (Å²) in [6, 6.07) is 0. The third-order valence-corrected chi connectivity index (χ3v) is 5.01. The minimum atomic E-state index is -0.300. The van der Waals surface area contributed by atoms with Crippen LogP contribution in [0.15, 0.2) is 0 Å². The molecule has 1 saturated carbocycles. The molecule has 96 valence electrons. The van der Waals surface area contributed by atoms with Gasteiger partial charge in [0.2, 0.25) is 0 Å². The highest BCUT2D eigenvalue weighted by molar-refractivity contribution is 7.11. The van der Waals surface area contributed by atoms with E-state index in [9.17, 15) is 5.11 Å². The van der Waals surface area contributed by atoms with Crippen LogP contribution in [-0.2, 0) is 0 Å². The van der Waals surface area contributed by atoms with Gasteiger partial charge in [-0.3, -0.25) is 0 Å². The summed E-state index contributed by atoms with van der Waals surface area (Å²) in [5.41, 5.74) is 1.02. The Hall–Kier alpha value is -0.410. The fraction of sp³-hybridized carbons (Fsp3) is 0.786. The zero-order valence-corrected chi connectivity index (χ0v) is 12.0. The molecule has 0 bridgehead atoms. The van der Waals surface area contributed by atoms with Crippen molar-refractivity contribution in [2.24, 2.45) is 17.8 Å². The molecule has 0 spiro atoms. The number of hydrogen-bond donors (Lipinski definition) is 1. The van der Waals surface area contributed by atoms with Gasteiger partial charge in [-0.25, -0.2) is 4.98 Å². The third-order valence-electron chi connectivity index (χ3n) is 3.87. The van der Waals surface area contributed by atoms with Crippen LogP contribution in [-0.4, -0.2) is 10.1 Å². The Kier molecular flexibility index (Phi) is 3.88. The van der Waals surface area contributed by atoms with Gasteiger partial charge in [-0.05, 0) is 50.9 Å². The molecule has 0 aliphatic heterocycles. The van der Waals surface area contributed by atoms with Crippen LogP contribution in [0.1, 0.15) is 54.8 Å². The largest absolute Gasteiger partial charge is 0.387 e. The van der Waals surface area contributed by atoms with Gasteiger partial charge in [-0.1, -0.05) is 13.8 Å². The minimum Gasteiger partial charge on any atom is -0.387 e. The van der Waals surface area contributed by atoms with Crippen molar-refractivity contribution >= 4 is 11.3 Å². The van der Waals surface area contributed by atoms with Crippen molar-refractivity contribution in [3.63, 3.8) is 0 Å². The zero-order chi connectivity index (χ0) is 12.6. The SMILES string of the molecule is Cc1nc(C)c(C(O)C2CC(C)CC(C)C2)s1. The Morgan fingerprint density at radius 2 is 1.76 bits per heavy atom. The molecule has 1 fully saturated rings. The smallest absolute Gasteiger partial charge is 0.0929 e. The fourth-order valence-corrected chi connectivity index (χ4v) is 4.31. The molecule has 0 aromatic carbocycles. The molecule has 1 aromatic rings. The molecule has 1 N–H and O–H groups in total. The lowest BCUT2D eigenvalue weighted by molar-refractivity contribution is 0.0571. The average molecular weight is 253 g/mol. The molecule has 1 aliphatic rings. The van der Waals surface area contributed by atoms with E-state index in [-0.39, 0.29) is 6.10 Å². The predicted molar refractivity (Wildman–Crippen MR) is 72.2 cm³/mol. The van der Waals surface area contributed by atoms with E-state index in [1.807, 2.05) is 13.8 Å². The quantitative estimate of drug-likeness (QED) is 0.868. The predicted octanol–water partition coefficient (Wildman–Crippen LogP) is 3.87. The standard InChI is InChI=1S/C14H23NOS/c1-8-5-9(2)7-12(6-8)13(16)14-10(3)15-11(4)17-14/h8-9,12-13,16H,5-7H2,1-4H3. The molecule has 1 heterocycles. The highest BCUT2D eigenvalue weighted by Gasteiger charge is 2.31. The molecular weight excluding hydrogens is 230 g/mol. The van der Waals surface area contributed by atoms with Crippen LogP contribution in [0.25, 0.3) is 0 Å². The van der Waals surface area contributed by atoms with Crippen molar-refractivity contribution < 1.29 is 5.11 Å². The van der Waals surface area contributed by atoms with Gasteiger partial charge in [-0.15, -0.1) is 11.3 Å². The Labute approximate surface area is 108 Å². The first-order valence-corrected chi connectivity index (χ1v) is 7.41. The maximum absolute atomic E-state index is 10.5. The summed E-state index contributed by atoms with van der Waals surface area (Å²) >= 11 is 1.66. The number of aryl methyl sites for hydroxylation is 2. The zero-order valence-electron chi connectivity index (χ0n) is 11.2. The van der Waals surface area contributed by atoms with Gasteiger partial charge in [0.25, 0.3) is 0 Å². The Balaban J connectivity index is 2.14. The van der Waals surface area contributed by atoms with E-state index in [2.05, 4.69) is 18.8 Å². The monoisotopic (exact) mass is 253 g/mol. The Morgan fingerprint density at radius 3 is 2.24 bits per heavy atom. The molecule has 2 nitrogen and oxygen atoms in total. The van der Waals surface area contributed by atoms with Crippen molar-refractivity contribution in [1.82, 2.24) is 4.98 Å². The van der Waals surface area contributed by atoms with Gasteiger partial charge in [0.05, 0.1) is 21.7 Å². The summed E-state index contributed by atoms with van der Waals surface area (Å²) in [5.74, 6) is 1.91. The van der Waals surface area contributed by atoms with Gasteiger partial charge in [0.1, 0.15) is 0 Å². The lowest BCUT2D eigenvalue weighted by Gasteiger charge is -2.34. The molecule has 3 heteroatoms. The summed E-state index contributed by atoms with van der Waals surface area (Å²) in [5, 5.41) is 11.6. The van der Waals surface area contributed by atoms with Crippen molar-refractivity contribution in [1.29, 1.82) is 0 Å². The molecule has 3 atom stereocenters. The van der Waals surface area contributed by atoms with Gasteiger partial charge >= 0.3 is 0 Å². The van der Waals surface area contributed by atoms with E-state index in [1.54, 1.807) is 11.3 Å². The molecule has 0 amide bonds. The van der Waals surface area contributed by atoms with Crippen LogP contribution in [0.3, 0.4) is 0 Å². The lowest BCUT2D eigenvalue weighted by Crippen LogP contribution is -2.24. The first kappa shape index (κ1) is 13.0. The van der Waals surface area contributed by atoms with Crippen LogP contribution in [0.5, 0.6) is 0 Å². The van der Waals surface area contributed by atoms with E-state index in [1.165, 1.54) is 6.42 Å². The second kappa shape index (κ2) is 5.07. The van der Waals surface area contributed by atoms with Gasteiger partial charge in [0.15, 0.2) is 0 Å². The number of aliphatic hydroxyl groups excluding tert-OH is 1. The topological polar surface area (TPSA) is 33.1 Å². The number of hydrogen-bond acceptors (Lipinski definition) is 3. The van der Waals surface area contributed by atoms with Crippen LogP contribution in [0.2, 0.25) is 0 Å². The van der Waals surface area contributed by atoms with E-state index in [0.29, 0.717) is 5.92 Å². The summed E-state index contributed by atoms with van der Waals surface area (Å²) in [6.07, 6.45) is 3.32. The third kappa shape index (κ3) is 2.89. The number of thiazole rings is 1. The van der Waals surface area contributed by atoms with E-state index < -0.39 is 0 Å². The fourth-order valence-electron chi connectivity index (χ4n) is 3.30. The molecule has 1 aromatic heterocycles. The van der Waals surface area contributed by atoms with Crippen molar-refractivity contribution in [2.45, 2.75) is 53.1 Å². The van der Waals surface area contributed by atoms with Gasteiger partial charge < -0.3 is 5.11 Å². The molecule has 3 unspecified atom stereocenters.